The molecule has 3 heteroatoms. The molecule has 0 atom stereocenters. The van der Waals surface area contributed by atoms with E-state index in [9.17, 15) is 4.79 Å². The molecule has 0 aromatic carbocycles. The molecule has 0 aromatic rings. The van der Waals surface area contributed by atoms with Gasteiger partial charge in [0.25, 0.3) is 6.47 Å². The fourth-order valence-corrected chi connectivity index (χ4v) is 2.79. The van der Waals surface area contributed by atoms with Crippen LogP contribution in [0.15, 0.2) is 0 Å². The molecule has 0 N–H and O–H groups in total. The highest BCUT2D eigenvalue weighted by Crippen LogP contribution is 2.16. The van der Waals surface area contributed by atoms with Crippen LogP contribution in [0.3, 0.4) is 0 Å². The van der Waals surface area contributed by atoms with E-state index in [1.807, 2.05) is 20.8 Å². The van der Waals surface area contributed by atoms with Gasteiger partial charge in [-0.1, -0.05) is 53.4 Å². The highest BCUT2D eigenvalue weighted by molar-refractivity contribution is 5.37. The molecule has 0 aliphatic heterocycles. The number of rotatable bonds is 13. The van der Waals surface area contributed by atoms with Crippen molar-refractivity contribution in [2.24, 2.45) is 0 Å². The van der Waals surface area contributed by atoms with Crippen molar-refractivity contribution in [1.29, 1.82) is 0 Å². The van der Waals surface area contributed by atoms with Crippen LogP contribution in [0.2, 0.25) is 0 Å². The lowest BCUT2D eigenvalue weighted by Gasteiger charge is -2.39. The van der Waals surface area contributed by atoms with E-state index in [2.05, 4.69) is 32.4 Å². The van der Waals surface area contributed by atoms with Crippen LogP contribution >= 0.6 is 0 Å². The number of ether oxygens (including phenoxy) is 1. The van der Waals surface area contributed by atoms with Gasteiger partial charge in [0.1, 0.15) is 5.60 Å². The van der Waals surface area contributed by atoms with E-state index in [-0.39, 0.29) is 5.60 Å². The Balaban J connectivity index is 0. The maximum Gasteiger partial charge on any atom is 0.293 e. The van der Waals surface area contributed by atoms with Gasteiger partial charge in [0.15, 0.2) is 0 Å². The lowest BCUT2D eigenvalue weighted by molar-refractivity contribution is -0.929. The van der Waals surface area contributed by atoms with Gasteiger partial charge < -0.3 is 9.22 Å². The average Bonchev–Trinajstić information content (AvgIpc) is 2.53. The van der Waals surface area contributed by atoms with Crippen LogP contribution in [0.4, 0.5) is 0 Å². The summed E-state index contributed by atoms with van der Waals surface area (Å²) in [6.45, 7) is 20.9. The lowest BCUT2D eigenvalue weighted by atomic mass is 10.1. The van der Waals surface area contributed by atoms with Gasteiger partial charge >= 0.3 is 0 Å². The maximum absolute atomic E-state index is 9.60. The zero-order valence-electron chi connectivity index (χ0n) is 17.8. The summed E-state index contributed by atoms with van der Waals surface area (Å²) >= 11 is 0. The average molecular weight is 345 g/mol. The summed E-state index contributed by atoms with van der Waals surface area (Å²) in [6, 6.07) is 0. The van der Waals surface area contributed by atoms with Gasteiger partial charge in [-0.25, -0.2) is 0 Å². The number of unbranched alkanes of at least 4 members (excludes halogenated alkanes) is 4. The van der Waals surface area contributed by atoms with Crippen molar-refractivity contribution in [2.75, 3.05) is 26.2 Å². The van der Waals surface area contributed by atoms with E-state index in [4.69, 9.17) is 0 Å². The molecular weight excluding hydrogens is 298 g/mol. The third kappa shape index (κ3) is 16.3. The van der Waals surface area contributed by atoms with E-state index in [1.54, 1.807) is 0 Å². The summed E-state index contributed by atoms with van der Waals surface area (Å²) in [6.07, 6.45) is 11.1. The maximum atomic E-state index is 9.60. The predicted octanol–water partition coefficient (Wildman–Crippen LogP) is 5.96. The van der Waals surface area contributed by atoms with Crippen LogP contribution in [0.5, 0.6) is 0 Å². The van der Waals surface area contributed by atoms with E-state index in [0.29, 0.717) is 6.47 Å². The molecule has 0 rings (SSSR count). The Morgan fingerprint density at radius 1 is 0.708 bits per heavy atom. The second-order valence-electron chi connectivity index (χ2n) is 7.98. The molecule has 3 nitrogen and oxygen atoms in total. The number of nitrogens with zero attached hydrogens (tertiary/aromatic N) is 1. The summed E-state index contributed by atoms with van der Waals surface area (Å²) in [5.41, 5.74) is -0.318. The molecule has 0 fully saturated rings. The molecular formula is C21H46NO2+. The third-order valence-corrected chi connectivity index (χ3v) is 4.35. The number of carbonyl (C=O) groups is 1. The molecule has 0 saturated heterocycles. The predicted molar refractivity (Wildman–Crippen MR) is 106 cm³/mol. The minimum Gasteiger partial charge on any atom is -0.462 e. The van der Waals surface area contributed by atoms with Gasteiger partial charge in [-0.2, -0.15) is 0 Å². The summed E-state index contributed by atoms with van der Waals surface area (Å²) < 4.78 is 5.97. The van der Waals surface area contributed by atoms with Crippen molar-refractivity contribution >= 4 is 6.47 Å². The van der Waals surface area contributed by atoms with Crippen LogP contribution in [-0.4, -0.2) is 42.7 Å². The molecule has 0 amide bonds. The van der Waals surface area contributed by atoms with Gasteiger partial charge in [0.2, 0.25) is 0 Å². The SMILES string of the molecule is CC(C)(C)OC=O.CCCC[N+](CCCC)(CCCC)CCCC. The minimum absolute atomic E-state index is 0.318. The van der Waals surface area contributed by atoms with Crippen molar-refractivity contribution in [3.8, 4) is 0 Å². The fraction of sp³-hybridized carbons (Fsp3) is 0.952. The van der Waals surface area contributed by atoms with Gasteiger partial charge in [-0.15, -0.1) is 0 Å². The van der Waals surface area contributed by atoms with Gasteiger partial charge in [-0.3, -0.25) is 4.79 Å². The first-order valence-electron chi connectivity index (χ1n) is 10.3. The zero-order valence-corrected chi connectivity index (χ0v) is 17.8. The molecule has 0 aliphatic rings. The zero-order chi connectivity index (χ0) is 18.9. The first-order chi connectivity index (χ1) is 11.3. The summed E-state index contributed by atoms with van der Waals surface area (Å²) in [5, 5.41) is 0. The van der Waals surface area contributed by atoms with Crippen LogP contribution in [-0.2, 0) is 9.53 Å². The number of carbonyl (C=O) groups excluding carboxylic acids is 1. The number of hydrogen-bond acceptors (Lipinski definition) is 2. The Kier molecular flexibility index (Phi) is 17.0. The molecule has 0 saturated carbocycles. The summed E-state index contributed by atoms with van der Waals surface area (Å²) in [5.74, 6) is 0. The summed E-state index contributed by atoms with van der Waals surface area (Å²) in [7, 11) is 0. The van der Waals surface area contributed by atoms with Crippen molar-refractivity contribution < 1.29 is 14.0 Å². The van der Waals surface area contributed by atoms with Crippen LogP contribution < -0.4 is 0 Å². The van der Waals surface area contributed by atoms with E-state index >= 15 is 0 Å². The molecule has 0 spiro atoms. The van der Waals surface area contributed by atoms with E-state index in [0.717, 1.165) is 0 Å². The first kappa shape index (κ1) is 25.7. The van der Waals surface area contributed by atoms with E-state index < -0.39 is 0 Å². The Bertz CT molecular complexity index is 234. The number of hydrogen-bond donors (Lipinski definition) is 0. The minimum atomic E-state index is -0.318. The quantitative estimate of drug-likeness (QED) is 0.304. The summed E-state index contributed by atoms with van der Waals surface area (Å²) in [4.78, 5) is 9.60. The van der Waals surface area contributed by atoms with Gasteiger partial charge in [0, 0.05) is 0 Å². The second kappa shape index (κ2) is 15.9. The molecule has 0 unspecified atom stereocenters. The van der Waals surface area contributed by atoms with Crippen molar-refractivity contribution in [3.63, 3.8) is 0 Å². The van der Waals surface area contributed by atoms with Crippen LogP contribution in [0, 0.1) is 0 Å². The molecule has 0 bridgehead atoms. The van der Waals surface area contributed by atoms with Crippen LogP contribution in [0.25, 0.3) is 0 Å². The van der Waals surface area contributed by atoms with E-state index in [1.165, 1.54) is 82.0 Å². The first-order valence-corrected chi connectivity index (χ1v) is 10.3. The van der Waals surface area contributed by atoms with Crippen molar-refractivity contribution in [3.05, 3.63) is 0 Å². The van der Waals surface area contributed by atoms with Crippen molar-refractivity contribution in [1.82, 2.24) is 0 Å². The second-order valence-corrected chi connectivity index (χ2v) is 7.98. The molecule has 0 radical (unpaired) electrons. The normalized spacial score (nSPS) is 11.6. The molecule has 24 heavy (non-hydrogen) atoms. The molecule has 0 aliphatic carbocycles. The van der Waals surface area contributed by atoms with Crippen molar-refractivity contribution in [2.45, 2.75) is 105 Å². The monoisotopic (exact) mass is 344 g/mol. The molecule has 146 valence electrons. The highest BCUT2D eigenvalue weighted by Gasteiger charge is 2.24. The topological polar surface area (TPSA) is 26.3 Å². The van der Waals surface area contributed by atoms with Gasteiger partial charge in [0.05, 0.1) is 26.2 Å². The Hall–Kier alpha value is -0.570. The Labute approximate surface area is 152 Å². The largest absolute Gasteiger partial charge is 0.462 e. The standard InChI is InChI=1S/C16H36N.C5H10O2/c1-5-9-13-17(14-10-6-2,15-11-7-3)16-12-8-4;1-5(2,3)7-4-6/h5-16H2,1-4H3;4H,1-3H3/q+1;. The smallest absolute Gasteiger partial charge is 0.293 e. The molecule has 0 heterocycles. The fourth-order valence-electron chi connectivity index (χ4n) is 2.79. The Morgan fingerprint density at radius 3 is 1.12 bits per heavy atom. The molecule has 0 aromatic heterocycles. The van der Waals surface area contributed by atoms with Crippen LogP contribution in [0.1, 0.15) is 99.8 Å². The lowest BCUT2D eigenvalue weighted by Crippen LogP contribution is -2.50. The van der Waals surface area contributed by atoms with Gasteiger partial charge in [-0.05, 0) is 46.5 Å². The highest BCUT2D eigenvalue weighted by atomic mass is 16.5. The Morgan fingerprint density at radius 2 is 1.00 bits per heavy atom. The third-order valence-electron chi connectivity index (χ3n) is 4.35. The number of quaternary nitrogens is 1.